The van der Waals surface area contributed by atoms with Crippen molar-refractivity contribution in [2.24, 2.45) is 0 Å². The van der Waals surface area contributed by atoms with E-state index < -0.39 is 0 Å². The predicted octanol–water partition coefficient (Wildman–Crippen LogP) is 5.06. The highest BCUT2D eigenvalue weighted by molar-refractivity contribution is 9.10. The standard InChI is InChI=1S/C18H18BrN7O.C18H18ClN7O/c2*19-16-10-21-17(11-20-16)24-13-5-3-6-14(13)25-18(27)12-4-1-2-7-15(12)26-22-8-9-23-26/h2*1-2,4,7-11,13-14H,3,5-6H2,(H,21,24)(H,25,27)/t2*13-,14-/m00/s1. The van der Waals surface area contributed by atoms with Gasteiger partial charge >= 0.3 is 0 Å². The zero-order valence-electron chi connectivity index (χ0n) is 28.8. The summed E-state index contributed by atoms with van der Waals surface area (Å²) in [7, 11) is 0. The molecule has 4 aromatic heterocycles. The number of anilines is 2. The van der Waals surface area contributed by atoms with Crippen LogP contribution in [0.1, 0.15) is 59.2 Å². The van der Waals surface area contributed by atoms with Crippen LogP contribution in [-0.2, 0) is 0 Å². The lowest BCUT2D eigenvalue weighted by molar-refractivity contribution is 0.0927. The maximum atomic E-state index is 12.9. The topological polar surface area (TPSA) is 195 Å². The number of hydrogen-bond acceptors (Lipinski definition) is 12. The summed E-state index contributed by atoms with van der Waals surface area (Å²) >= 11 is 9.06. The van der Waals surface area contributed by atoms with Gasteiger partial charge in [-0.25, -0.2) is 19.9 Å². The van der Waals surface area contributed by atoms with Crippen LogP contribution in [0, 0.1) is 0 Å². The summed E-state index contributed by atoms with van der Waals surface area (Å²) in [6.07, 6.45) is 18.5. The highest BCUT2D eigenvalue weighted by atomic mass is 79.9. The zero-order chi connectivity index (χ0) is 37.3. The molecule has 0 unspecified atom stereocenters. The zero-order valence-corrected chi connectivity index (χ0v) is 31.2. The van der Waals surface area contributed by atoms with Crippen LogP contribution >= 0.6 is 27.5 Å². The number of aromatic nitrogens is 10. The van der Waals surface area contributed by atoms with E-state index in [1.165, 1.54) is 15.8 Å². The molecule has 4 heterocycles. The summed E-state index contributed by atoms with van der Waals surface area (Å²) in [6.45, 7) is 0. The first-order chi connectivity index (χ1) is 26.4. The molecule has 0 radical (unpaired) electrons. The molecule has 4 N–H and O–H groups in total. The minimum Gasteiger partial charge on any atom is -0.364 e. The fourth-order valence-corrected chi connectivity index (χ4v) is 6.92. The van der Waals surface area contributed by atoms with Crippen molar-refractivity contribution in [2.45, 2.75) is 62.7 Å². The lowest BCUT2D eigenvalue weighted by atomic mass is 10.1. The van der Waals surface area contributed by atoms with Gasteiger partial charge in [0.1, 0.15) is 21.4 Å². The second-order valence-corrected chi connectivity index (χ2v) is 13.8. The molecule has 4 atom stereocenters. The summed E-state index contributed by atoms with van der Waals surface area (Å²) in [5.41, 5.74) is 2.38. The molecule has 2 aromatic carbocycles. The van der Waals surface area contributed by atoms with Crippen LogP contribution < -0.4 is 21.3 Å². The normalized spacial score (nSPS) is 19.0. The number of halogens is 2. The average molecular weight is 812 g/mol. The van der Waals surface area contributed by atoms with Crippen molar-refractivity contribution < 1.29 is 9.59 Å². The van der Waals surface area contributed by atoms with Gasteiger partial charge in [-0.05, 0) is 78.7 Å². The number of nitrogens with zero attached hydrogens (tertiary/aromatic N) is 10. The highest BCUT2D eigenvalue weighted by Crippen LogP contribution is 2.25. The van der Waals surface area contributed by atoms with Crippen LogP contribution in [0.5, 0.6) is 0 Å². The van der Waals surface area contributed by atoms with Gasteiger partial charge in [0.15, 0.2) is 0 Å². The van der Waals surface area contributed by atoms with Gasteiger partial charge in [0.2, 0.25) is 0 Å². The van der Waals surface area contributed by atoms with Gasteiger partial charge in [-0.1, -0.05) is 35.9 Å². The first-order valence-electron chi connectivity index (χ1n) is 17.4. The van der Waals surface area contributed by atoms with Crippen molar-refractivity contribution in [3.8, 4) is 11.4 Å². The van der Waals surface area contributed by atoms with Crippen LogP contribution in [0.15, 0.2) is 103 Å². The molecule has 0 saturated heterocycles. The third kappa shape index (κ3) is 9.03. The molecule has 0 spiro atoms. The number of rotatable bonds is 10. The molecule has 2 amide bonds. The fourth-order valence-electron chi connectivity index (χ4n) is 6.62. The lowest BCUT2D eigenvalue weighted by Gasteiger charge is -2.23. The maximum absolute atomic E-state index is 12.9. The minimum absolute atomic E-state index is 0.00591. The Bertz CT molecular complexity index is 1980. The van der Waals surface area contributed by atoms with Crippen molar-refractivity contribution in [1.82, 2.24) is 60.6 Å². The third-order valence-electron chi connectivity index (χ3n) is 9.14. The number of hydrogen-bond donors (Lipinski definition) is 4. The molecular formula is C36H36BrClN14O2. The predicted molar refractivity (Wildman–Crippen MR) is 205 cm³/mol. The molecule has 6 aromatic rings. The quantitative estimate of drug-likeness (QED) is 0.144. The molecule has 0 aliphatic heterocycles. The Kier molecular flexibility index (Phi) is 11.7. The molecular weight excluding hydrogens is 776 g/mol. The largest absolute Gasteiger partial charge is 0.364 e. The number of amides is 2. The Balaban J connectivity index is 0.000000167. The summed E-state index contributed by atoms with van der Waals surface area (Å²) in [6, 6.07) is 14.8. The summed E-state index contributed by atoms with van der Waals surface area (Å²) in [4.78, 5) is 45.5. The minimum atomic E-state index is -0.149. The van der Waals surface area contributed by atoms with Crippen LogP contribution in [0.2, 0.25) is 5.15 Å². The molecule has 54 heavy (non-hydrogen) atoms. The summed E-state index contributed by atoms with van der Waals surface area (Å²) in [5.74, 6) is 1.06. The number of para-hydroxylation sites is 2. The van der Waals surface area contributed by atoms with E-state index in [9.17, 15) is 9.59 Å². The van der Waals surface area contributed by atoms with E-state index in [0.717, 1.165) is 38.5 Å². The lowest BCUT2D eigenvalue weighted by Crippen LogP contribution is -2.43. The second kappa shape index (κ2) is 17.3. The van der Waals surface area contributed by atoms with Crippen LogP contribution in [0.25, 0.3) is 11.4 Å². The third-order valence-corrected chi connectivity index (χ3v) is 9.74. The van der Waals surface area contributed by atoms with Gasteiger partial charge in [0.05, 0.1) is 72.1 Å². The first kappa shape index (κ1) is 36.5. The Morgan fingerprint density at radius 2 is 1.04 bits per heavy atom. The smallest absolute Gasteiger partial charge is 0.253 e. The van der Waals surface area contributed by atoms with Gasteiger partial charge in [-0.3, -0.25) is 9.59 Å². The maximum Gasteiger partial charge on any atom is 0.253 e. The van der Waals surface area contributed by atoms with Gasteiger partial charge in [0.25, 0.3) is 11.8 Å². The van der Waals surface area contributed by atoms with Crippen molar-refractivity contribution in [2.75, 3.05) is 10.6 Å². The van der Waals surface area contributed by atoms with E-state index in [0.29, 0.717) is 43.9 Å². The molecule has 16 nitrogen and oxygen atoms in total. The van der Waals surface area contributed by atoms with Crippen molar-refractivity contribution in [3.63, 3.8) is 0 Å². The van der Waals surface area contributed by atoms with E-state index in [4.69, 9.17) is 11.6 Å². The number of benzene rings is 2. The van der Waals surface area contributed by atoms with Gasteiger partial charge in [-0.2, -0.15) is 30.0 Å². The monoisotopic (exact) mass is 810 g/mol. The van der Waals surface area contributed by atoms with Crippen LogP contribution in [0.3, 0.4) is 0 Å². The van der Waals surface area contributed by atoms with Gasteiger partial charge in [-0.15, -0.1) is 0 Å². The molecule has 276 valence electrons. The van der Waals surface area contributed by atoms with Gasteiger partial charge in [0, 0.05) is 24.2 Å². The van der Waals surface area contributed by atoms with E-state index >= 15 is 0 Å². The van der Waals surface area contributed by atoms with E-state index in [2.05, 4.69) is 77.5 Å². The number of carbonyl (C=O) groups is 2. The second-order valence-electron chi connectivity index (χ2n) is 12.6. The Morgan fingerprint density at radius 3 is 1.48 bits per heavy atom. The van der Waals surface area contributed by atoms with E-state index in [1.807, 2.05) is 36.4 Å². The molecule has 18 heteroatoms. The molecule has 0 bridgehead atoms. The summed E-state index contributed by atoms with van der Waals surface area (Å²) in [5, 5.41) is 29.9. The SMILES string of the molecule is O=C(N[C@H]1CCC[C@@H]1Nc1cnc(Br)cn1)c1ccccc1-n1nccn1.O=C(N[C@H]1CCC[C@@H]1Nc1cnc(Cl)cn1)c1ccccc1-n1nccn1. The van der Waals surface area contributed by atoms with Crippen LogP contribution in [-0.4, -0.2) is 85.9 Å². The summed E-state index contributed by atoms with van der Waals surface area (Å²) < 4.78 is 0.688. The Labute approximate surface area is 323 Å². The van der Waals surface area contributed by atoms with E-state index in [1.54, 1.807) is 55.5 Å². The van der Waals surface area contributed by atoms with E-state index in [-0.39, 0.29) is 36.0 Å². The van der Waals surface area contributed by atoms with Crippen molar-refractivity contribution in [1.29, 1.82) is 0 Å². The van der Waals surface area contributed by atoms with Crippen molar-refractivity contribution in [3.05, 3.63) is 119 Å². The van der Waals surface area contributed by atoms with Crippen LogP contribution in [0.4, 0.5) is 11.6 Å². The Morgan fingerprint density at radius 1 is 0.593 bits per heavy atom. The molecule has 8 rings (SSSR count). The molecule has 2 aliphatic rings. The average Bonchev–Trinajstić information content (AvgIpc) is 4.05. The van der Waals surface area contributed by atoms with Crippen molar-refractivity contribution >= 4 is 51.0 Å². The highest BCUT2D eigenvalue weighted by Gasteiger charge is 2.31. The molecule has 2 aliphatic carbocycles. The fraction of sp³-hybridized carbons (Fsp3) is 0.278. The number of carbonyl (C=O) groups excluding carboxylic acids is 2. The number of nitrogens with one attached hydrogen (secondary N) is 4. The Hall–Kier alpha value is -5.81. The van der Waals surface area contributed by atoms with Gasteiger partial charge < -0.3 is 21.3 Å². The molecule has 2 fully saturated rings. The molecule has 2 saturated carbocycles. The first-order valence-corrected chi connectivity index (χ1v) is 18.6.